The van der Waals surface area contributed by atoms with E-state index in [0.717, 1.165) is 19.0 Å². The van der Waals surface area contributed by atoms with Crippen molar-refractivity contribution in [3.63, 3.8) is 0 Å². The fourth-order valence-electron chi connectivity index (χ4n) is 1.87. The second kappa shape index (κ2) is 6.21. The lowest BCUT2D eigenvalue weighted by molar-refractivity contribution is -0.143. The summed E-state index contributed by atoms with van der Waals surface area (Å²) >= 11 is 0. The van der Waals surface area contributed by atoms with Crippen LogP contribution in [-0.4, -0.2) is 50.2 Å². The van der Waals surface area contributed by atoms with Crippen LogP contribution in [0.2, 0.25) is 0 Å². The molecule has 0 amide bonds. The maximum Gasteiger partial charge on any atom is 0.324 e. The number of esters is 1. The Morgan fingerprint density at radius 1 is 1.50 bits per heavy atom. The van der Waals surface area contributed by atoms with Crippen LogP contribution in [0.1, 0.15) is 26.7 Å². The molecular weight excluding hydrogens is 204 g/mol. The second-order valence-electron chi connectivity index (χ2n) is 5.06. The predicted octanol–water partition coefficient (Wildman–Crippen LogP) is 0.868. The van der Waals surface area contributed by atoms with Crippen LogP contribution in [0.4, 0.5) is 0 Å². The molecule has 1 aliphatic rings. The van der Waals surface area contributed by atoms with Crippen molar-refractivity contribution in [1.82, 2.24) is 10.2 Å². The highest BCUT2D eigenvalue weighted by atomic mass is 16.5. The molecule has 1 atom stereocenters. The van der Waals surface area contributed by atoms with Crippen LogP contribution in [0, 0.1) is 5.92 Å². The van der Waals surface area contributed by atoms with E-state index >= 15 is 0 Å². The third-order valence-electron chi connectivity index (χ3n) is 2.78. The Morgan fingerprint density at radius 2 is 2.12 bits per heavy atom. The van der Waals surface area contributed by atoms with E-state index in [1.807, 2.05) is 13.8 Å². The molecule has 16 heavy (non-hydrogen) atoms. The highest BCUT2D eigenvalue weighted by Gasteiger charge is 2.26. The Kier molecular flexibility index (Phi) is 5.22. The summed E-state index contributed by atoms with van der Waals surface area (Å²) in [7, 11) is 3.51. The number of carbonyl (C=O) groups excluding carboxylic acids is 1. The first-order chi connectivity index (χ1) is 7.52. The zero-order valence-electron chi connectivity index (χ0n) is 10.8. The van der Waals surface area contributed by atoms with Gasteiger partial charge in [-0.2, -0.15) is 0 Å². The average molecular weight is 228 g/mol. The van der Waals surface area contributed by atoms with Gasteiger partial charge in [-0.1, -0.05) is 13.8 Å². The van der Waals surface area contributed by atoms with Crippen LogP contribution in [0.3, 0.4) is 0 Å². The van der Waals surface area contributed by atoms with Crippen molar-refractivity contribution in [3.05, 3.63) is 0 Å². The summed E-state index contributed by atoms with van der Waals surface area (Å²) in [6.07, 6.45) is 2.68. The van der Waals surface area contributed by atoms with Crippen LogP contribution < -0.4 is 5.32 Å². The summed E-state index contributed by atoms with van der Waals surface area (Å²) in [5.74, 6) is 0.679. The van der Waals surface area contributed by atoms with Gasteiger partial charge in [0.2, 0.25) is 0 Å². The highest BCUT2D eigenvalue weighted by Crippen LogP contribution is 2.29. The molecule has 0 heterocycles. The van der Waals surface area contributed by atoms with Gasteiger partial charge in [0.1, 0.15) is 6.04 Å². The summed E-state index contributed by atoms with van der Waals surface area (Å²) in [6, 6.07) is 0.0761. The van der Waals surface area contributed by atoms with Gasteiger partial charge in [-0.3, -0.25) is 4.79 Å². The van der Waals surface area contributed by atoms with Gasteiger partial charge in [0.25, 0.3) is 0 Å². The molecule has 0 saturated heterocycles. The number of carbonyl (C=O) groups is 1. The zero-order chi connectivity index (χ0) is 12.1. The van der Waals surface area contributed by atoms with Gasteiger partial charge < -0.3 is 15.0 Å². The molecule has 1 rings (SSSR count). The summed E-state index contributed by atoms with van der Waals surface area (Å²) < 4.78 is 4.81. The minimum atomic E-state index is -0.214. The van der Waals surface area contributed by atoms with Gasteiger partial charge in [-0.05, 0) is 25.8 Å². The zero-order valence-corrected chi connectivity index (χ0v) is 10.8. The van der Waals surface area contributed by atoms with Gasteiger partial charge in [0, 0.05) is 19.1 Å². The predicted molar refractivity (Wildman–Crippen MR) is 64.3 cm³/mol. The first-order valence-corrected chi connectivity index (χ1v) is 6.05. The molecule has 1 aliphatic carbocycles. The minimum Gasteiger partial charge on any atom is -0.468 e. The molecule has 1 saturated carbocycles. The van der Waals surface area contributed by atoms with Crippen LogP contribution in [-0.2, 0) is 9.53 Å². The highest BCUT2D eigenvalue weighted by molar-refractivity contribution is 5.75. The third-order valence-corrected chi connectivity index (χ3v) is 2.78. The Balaban J connectivity index is 2.37. The Hall–Kier alpha value is -0.610. The van der Waals surface area contributed by atoms with Crippen molar-refractivity contribution in [3.8, 4) is 0 Å². The molecule has 0 aromatic heterocycles. The molecule has 94 valence electrons. The fraction of sp³-hybridized carbons (Fsp3) is 0.917. The average Bonchev–Trinajstić information content (AvgIpc) is 2.98. The molecule has 0 aromatic carbocycles. The molecule has 4 heteroatoms. The van der Waals surface area contributed by atoms with Crippen molar-refractivity contribution >= 4 is 5.97 Å². The van der Waals surface area contributed by atoms with E-state index in [1.165, 1.54) is 20.0 Å². The van der Waals surface area contributed by atoms with Crippen molar-refractivity contribution < 1.29 is 9.53 Å². The second-order valence-corrected chi connectivity index (χ2v) is 5.06. The summed E-state index contributed by atoms with van der Waals surface area (Å²) in [5.41, 5.74) is 0. The topological polar surface area (TPSA) is 41.6 Å². The summed E-state index contributed by atoms with van der Waals surface area (Å²) in [5, 5.41) is 3.24. The molecule has 1 unspecified atom stereocenters. The monoisotopic (exact) mass is 228 g/mol. The number of likely N-dealkylation sites (N-methyl/N-ethyl adjacent to an activating group) is 1. The van der Waals surface area contributed by atoms with Gasteiger partial charge >= 0.3 is 5.97 Å². The number of hydrogen-bond acceptors (Lipinski definition) is 4. The lowest BCUT2D eigenvalue weighted by atomic mass is 10.2. The molecule has 0 spiro atoms. The molecule has 0 bridgehead atoms. The molecule has 0 radical (unpaired) electrons. The van der Waals surface area contributed by atoms with Crippen molar-refractivity contribution in [2.24, 2.45) is 5.92 Å². The van der Waals surface area contributed by atoms with Crippen LogP contribution in [0.5, 0.6) is 0 Å². The number of nitrogens with one attached hydrogen (secondary N) is 1. The van der Waals surface area contributed by atoms with Crippen molar-refractivity contribution in [1.29, 1.82) is 0 Å². The Morgan fingerprint density at radius 3 is 2.56 bits per heavy atom. The summed E-state index contributed by atoms with van der Waals surface area (Å²) in [6.45, 7) is 5.89. The smallest absolute Gasteiger partial charge is 0.324 e. The summed E-state index contributed by atoms with van der Waals surface area (Å²) in [4.78, 5) is 13.8. The lowest BCUT2D eigenvalue weighted by Crippen LogP contribution is -2.48. The Labute approximate surface area is 98.3 Å². The maximum atomic E-state index is 11.6. The number of ether oxygens (including phenoxy) is 1. The molecule has 4 nitrogen and oxygen atoms in total. The van der Waals surface area contributed by atoms with E-state index in [9.17, 15) is 4.79 Å². The van der Waals surface area contributed by atoms with Gasteiger partial charge in [0.15, 0.2) is 0 Å². The van der Waals surface area contributed by atoms with Crippen LogP contribution >= 0.6 is 0 Å². The number of nitrogens with zero attached hydrogens (tertiary/aromatic N) is 1. The van der Waals surface area contributed by atoms with Crippen LogP contribution in [0.15, 0.2) is 0 Å². The quantitative estimate of drug-likeness (QED) is 0.656. The first-order valence-electron chi connectivity index (χ1n) is 6.05. The van der Waals surface area contributed by atoms with E-state index < -0.39 is 0 Å². The van der Waals surface area contributed by atoms with Crippen LogP contribution in [0.25, 0.3) is 0 Å². The van der Waals surface area contributed by atoms with E-state index in [2.05, 4.69) is 17.3 Å². The SMILES string of the molecule is COC(=O)C(CN(C)CC1CC1)NC(C)C. The molecule has 1 fully saturated rings. The van der Waals surface area contributed by atoms with Gasteiger partial charge in [-0.15, -0.1) is 0 Å². The van der Waals surface area contributed by atoms with Gasteiger partial charge in [-0.25, -0.2) is 0 Å². The normalized spacial score (nSPS) is 17.9. The van der Waals surface area contributed by atoms with E-state index in [-0.39, 0.29) is 12.0 Å². The number of rotatable bonds is 7. The molecule has 0 aromatic rings. The lowest BCUT2D eigenvalue weighted by Gasteiger charge is -2.24. The maximum absolute atomic E-state index is 11.6. The van der Waals surface area contributed by atoms with Crippen molar-refractivity contribution in [2.75, 3.05) is 27.2 Å². The van der Waals surface area contributed by atoms with E-state index in [0.29, 0.717) is 6.04 Å². The minimum absolute atomic E-state index is 0.170. The molecule has 1 N–H and O–H groups in total. The largest absolute Gasteiger partial charge is 0.468 e. The first kappa shape index (κ1) is 13.5. The standard InChI is InChI=1S/C12H24N2O2/c1-9(2)13-11(12(15)16-4)8-14(3)7-10-5-6-10/h9-11,13H,5-8H2,1-4H3. The number of methoxy groups -OCH3 is 1. The number of hydrogen-bond donors (Lipinski definition) is 1. The molecular formula is C12H24N2O2. The third kappa shape index (κ3) is 4.94. The van der Waals surface area contributed by atoms with Gasteiger partial charge in [0.05, 0.1) is 7.11 Å². The van der Waals surface area contributed by atoms with E-state index in [1.54, 1.807) is 0 Å². The molecule has 0 aliphatic heterocycles. The van der Waals surface area contributed by atoms with E-state index in [4.69, 9.17) is 4.74 Å². The van der Waals surface area contributed by atoms with Crippen molar-refractivity contribution in [2.45, 2.75) is 38.8 Å². The Bertz CT molecular complexity index is 227. The fourth-order valence-corrected chi connectivity index (χ4v) is 1.87.